The van der Waals surface area contributed by atoms with Gasteiger partial charge in [-0.25, -0.2) is 14.2 Å². The number of hydrogen-bond donors (Lipinski definition) is 2. The Kier molecular flexibility index (Phi) is 3.97. The van der Waals surface area contributed by atoms with E-state index < -0.39 is 17.2 Å². The van der Waals surface area contributed by atoms with Gasteiger partial charge in [0, 0.05) is 23.3 Å². The molecule has 0 atom stereocenters. The predicted molar refractivity (Wildman–Crippen MR) is 102 cm³/mol. The first-order valence-electron chi connectivity index (χ1n) is 8.00. The third-order valence-corrected chi connectivity index (χ3v) is 5.16. The molecular formula is C18H15N3O5S. The lowest BCUT2D eigenvalue weighted by molar-refractivity contribution is 0.0664. The molecule has 0 unspecified atom stereocenters. The average molecular weight is 385 g/mol. The molecular weight excluding hydrogens is 370 g/mol. The number of benzene rings is 1. The van der Waals surface area contributed by atoms with Crippen molar-refractivity contribution < 1.29 is 14.6 Å². The van der Waals surface area contributed by atoms with Crippen LogP contribution in [-0.2, 0) is 11.5 Å². The Morgan fingerprint density at radius 3 is 2.74 bits per heavy atom. The van der Waals surface area contributed by atoms with E-state index in [-0.39, 0.29) is 18.1 Å². The molecule has 138 valence electrons. The number of carboxylic acids is 1. The highest BCUT2D eigenvalue weighted by Gasteiger charge is 2.26. The Morgan fingerprint density at radius 1 is 1.26 bits per heavy atom. The van der Waals surface area contributed by atoms with Crippen LogP contribution < -0.4 is 11.2 Å². The van der Waals surface area contributed by atoms with E-state index in [1.165, 1.54) is 23.0 Å². The first-order chi connectivity index (χ1) is 12.9. The van der Waals surface area contributed by atoms with E-state index >= 15 is 0 Å². The van der Waals surface area contributed by atoms with Crippen molar-refractivity contribution in [1.82, 2.24) is 14.1 Å². The van der Waals surface area contributed by atoms with E-state index in [0.29, 0.717) is 21.8 Å². The van der Waals surface area contributed by atoms with Crippen LogP contribution in [0.2, 0.25) is 0 Å². The molecule has 4 aromatic rings. The molecule has 8 nitrogen and oxygen atoms in total. The molecule has 3 aromatic heterocycles. The summed E-state index contributed by atoms with van der Waals surface area (Å²) in [4.78, 5) is 40.4. The summed E-state index contributed by atoms with van der Waals surface area (Å²) in [5, 5.41) is 14.0. The summed E-state index contributed by atoms with van der Waals surface area (Å²) in [5.74, 6) is -1.26. The highest BCUT2D eigenvalue weighted by atomic mass is 32.1. The third-order valence-electron chi connectivity index (χ3n) is 4.42. The molecule has 0 amide bonds. The van der Waals surface area contributed by atoms with Gasteiger partial charge in [-0.3, -0.25) is 4.79 Å². The summed E-state index contributed by atoms with van der Waals surface area (Å²) >= 11 is 1.28. The zero-order chi connectivity index (χ0) is 19.3. The molecule has 0 saturated carbocycles. The molecule has 9 heteroatoms. The number of hydrogen-bond acceptors (Lipinski definition) is 5. The molecule has 4 rings (SSSR count). The Labute approximate surface area is 155 Å². The van der Waals surface area contributed by atoms with Gasteiger partial charge in [0.25, 0.3) is 5.56 Å². The quantitative estimate of drug-likeness (QED) is 0.561. The number of aromatic nitrogens is 3. The fourth-order valence-electron chi connectivity index (χ4n) is 3.30. The van der Waals surface area contributed by atoms with Crippen molar-refractivity contribution in [1.29, 1.82) is 0 Å². The summed E-state index contributed by atoms with van der Waals surface area (Å²) in [7, 11) is 1.45. The van der Waals surface area contributed by atoms with Crippen molar-refractivity contribution in [3.8, 4) is 5.69 Å². The molecule has 2 N–H and O–H groups in total. The number of aryl methyl sites for hydroxylation is 1. The maximum absolute atomic E-state index is 13.0. The van der Waals surface area contributed by atoms with E-state index in [1.807, 2.05) is 13.0 Å². The maximum Gasteiger partial charge on any atom is 0.354 e. The minimum absolute atomic E-state index is 0.0332. The summed E-state index contributed by atoms with van der Waals surface area (Å²) in [5.41, 5.74) is 0.474. The lowest BCUT2D eigenvalue weighted by Gasteiger charge is -2.08. The minimum atomic E-state index is -1.26. The second kappa shape index (κ2) is 6.22. The van der Waals surface area contributed by atoms with Crippen molar-refractivity contribution in [3.05, 3.63) is 61.1 Å². The summed E-state index contributed by atoms with van der Waals surface area (Å²) in [6.45, 7) is 1.82. The third kappa shape index (κ3) is 2.51. The van der Waals surface area contributed by atoms with E-state index in [2.05, 4.69) is 4.98 Å². The zero-order valence-corrected chi connectivity index (χ0v) is 15.3. The molecule has 3 heterocycles. The normalized spacial score (nSPS) is 11.5. The first kappa shape index (κ1) is 17.3. The van der Waals surface area contributed by atoms with Crippen molar-refractivity contribution in [2.75, 3.05) is 7.11 Å². The Balaban J connectivity index is 2.25. The van der Waals surface area contributed by atoms with E-state index in [4.69, 9.17) is 4.74 Å². The first-order valence-corrected chi connectivity index (χ1v) is 8.95. The van der Waals surface area contributed by atoms with Crippen LogP contribution in [0.1, 0.15) is 16.1 Å². The highest BCUT2D eigenvalue weighted by Crippen LogP contribution is 2.30. The average Bonchev–Trinajstić information content (AvgIpc) is 3.19. The van der Waals surface area contributed by atoms with Crippen LogP contribution in [0.3, 0.4) is 0 Å². The van der Waals surface area contributed by atoms with Gasteiger partial charge in [0.2, 0.25) is 0 Å². The summed E-state index contributed by atoms with van der Waals surface area (Å²) < 4.78 is 7.49. The van der Waals surface area contributed by atoms with Crippen LogP contribution in [0.25, 0.3) is 27.5 Å². The molecule has 1 aromatic carbocycles. The van der Waals surface area contributed by atoms with Gasteiger partial charge in [0.15, 0.2) is 5.69 Å². The van der Waals surface area contributed by atoms with Gasteiger partial charge in [0.05, 0.1) is 22.1 Å². The van der Waals surface area contributed by atoms with Gasteiger partial charge in [0.1, 0.15) is 6.73 Å². The molecule has 0 radical (unpaired) electrons. The van der Waals surface area contributed by atoms with Crippen LogP contribution in [0, 0.1) is 6.92 Å². The summed E-state index contributed by atoms with van der Waals surface area (Å²) in [6.07, 6.45) is 0. The zero-order valence-electron chi connectivity index (χ0n) is 14.5. The van der Waals surface area contributed by atoms with Gasteiger partial charge < -0.3 is 19.4 Å². The molecule has 27 heavy (non-hydrogen) atoms. The number of nitrogens with zero attached hydrogens (tertiary/aromatic N) is 2. The smallest absolute Gasteiger partial charge is 0.354 e. The van der Waals surface area contributed by atoms with Gasteiger partial charge in [-0.1, -0.05) is 11.6 Å². The number of aromatic carboxylic acids is 1. The molecule has 0 aliphatic rings. The molecule has 0 spiro atoms. The number of carboxylic acid groups (broad SMARTS) is 1. The Bertz CT molecular complexity index is 1320. The predicted octanol–water partition coefficient (Wildman–Crippen LogP) is 2.31. The van der Waals surface area contributed by atoms with E-state index in [9.17, 15) is 19.5 Å². The number of aromatic amines is 1. The number of methoxy groups -OCH3 is 1. The second-order valence-electron chi connectivity index (χ2n) is 6.14. The van der Waals surface area contributed by atoms with Gasteiger partial charge in [-0.2, -0.15) is 0 Å². The number of nitrogens with one attached hydrogen (secondary N) is 1. The lowest BCUT2D eigenvalue weighted by Crippen LogP contribution is -2.34. The lowest BCUT2D eigenvalue weighted by atomic mass is 10.1. The SMILES string of the molecule is COCn1c(C(=O)O)c(-n2c(=O)[nH]c3cscc3c2=O)c2cc(C)ccc21. The van der Waals surface area contributed by atoms with Gasteiger partial charge >= 0.3 is 11.7 Å². The number of H-pyrrole nitrogens is 1. The number of fused-ring (bicyclic) bond motifs is 2. The highest BCUT2D eigenvalue weighted by molar-refractivity contribution is 7.09. The standard InChI is InChI=1S/C18H15N3O5S/c1-9-3-4-13-10(5-9)14(15(17(23)24)20(13)8-26-2)21-16(22)11-6-27-7-12(11)19-18(21)25/h3-7H,8H2,1-2H3,(H,19,25)(H,23,24). The van der Waals surface area contributed by atoms with Crippen LogP contribution >= 0.6 is 11.3 Å². The fourth-order valence-corrected chi connectivity index (χ4v) is 4.06. The number of rotatable bonds is 4. The maximum atomic E-state index is 13.0. The van der Waals surface area contributed by atoms with Crippen LogP contribution in [0.5, 0.6) is 0 Å². The van der Waals surface area contributed by atoms with Gasteiger partial charge in [-0.15, -0.1) is 11.3 Å². The molecule has 0 saturated heterocycles. The summed E-state index contributed by atoms with van der Waals surface area (Å²) in [6, 6.07) is 5.34. The topological polar surface area (TPSA) is 106 Å². The van der Waals surface area contributed by atoms with Crippen LogP contribution in [-0.4, -0.2) is 32.3 Å². The number of ether oxygens (including phenoxy) is 1. The molecule has 0 aliphatic heterocycles. The van der Waals surface area contributed by atoms with Crippen molar-refractivity contribution in [3.63, 3.8) is 0 Å². The monoisotopic (exact) mass is 385 g/mol. The minimum Gasteiger partial charge on any atom is -0.477 e. The van der Waals surface area contributed by atoms with Gasteiger partial charge in [-0.05, 0) is 19.1 Å². The Hall–Kier alpha value is -3.17. The second-order valence-corrected chi connectivity index (χ2v) is 6.88. The molecule has 0 bridgehead atoms. The van der Waals surface area contributed by atoms with Crippen molar-refractivity contribution in [2.24, 2.45) is 0 Å². The van der Waals surface area contributed by atoms with Crippen molar-refractivity contribution >= 4 is 39.1 Å². The van der Waals surface area contributed by atoms with Crippen LogP contribution in [0.15, 0.2) is 38.5 Å². The Morgan fingerprint density at radius 2 is 2.04 bits per heavy atom. The number of carbonyl (C=O) groups is 1. The number of thiophene rings is 1. The largest absolute Gasteiger partial charge is 0.477 e. The molecule has 0 fully saturated rings. The van der Waals surface area contributed by atoms with E-state index in [1.54, 1.807) is 22.9 Å². The van der Waals surface area contributed by atoms with Crippen LogP contribution in [0.4, 0.5) is 0 Å². The fraction of sp³-hybridized carbons (Fsp3) is 0.167. The van der Waals surface area contributed by atoms with Crippen molar-refractivity contribution in [2.45, 2.75) is 13.7 Å². The van der Waals surface area contributed by atoms with E-state index in [0.717, 1.165) is 10.1 Å². The molecule has 0 aliphatic carbocycles.